The molecule has 0 aromatic heterocycles. The van der Waals surface area contributed by atoms with Crippen LogP contribution in [-0.2, 0) is 14.3 Å². The Labute approximate surface area is 107 Å². The van der Waals surface area contributed by atoms with Crippen molar-refractivity contribution in [2.45, 2.75) is 30.8 Å². The maximum absolute atomic E-state index is 11.2. The summed E-state index contributed by atoms with van der Waals surface area (Å²) in [5, 5.41) is 0. The molecule has 2 aliphatic rings. The summed E-state index contributed by atoms with van der Waals surface area (Å²) in [5.74, 6) is 0.572. The number of hydrogen-bond donors (Lipinski definition) is 0. The molecule has 0 aromatic carbocycles. The zero-order valence-electron chi connectivity index (χ0n) is 10.5. The molecule has 3 atom stereocenters. The van der Waals surface area contributed by atoms with E-state index in [9.17, 15) is 9.59 Å². The van der Waals surface area contributed by atoms with Crippen LogP contribution in [0.15, 0.2) is 17.6 Å². The normalized spacial score (nSPS) is 35.2. The number of amides is 1. The molecular weight excluding hydrogens is 232 g/mol. The number of hydrogen-bond acceptors (Lipinski definition) is 4. The molecule has 1 heterocycles. The van der Waals surface area contributed by atoms with Gasteiger partial charge in [-0.15, -0.1) is 6.58 Å². The highest BCUT2D eigenvalue weighted by molar-refractivity contribution is 5.87. The first kappa shape index (κ1) is 12.8. The molecule has 98 valence electrons. The van der Waals surface area contributed by atoms with Crippen LogP contribution in [0.2, 0.25) is 0 Å². The van der Waals surface area contributed by atoms with Gasteiger partial charge in [-0.2, -0.15) is 0 Å². The van der Waals surface area contributed by atoms with Gasteiger partial charge < -0.3 is 14.4 Å². The van der Waals surface area contributed by atoms with Crippen LogP contribution in [0.4, 0.5) is 0 Å². The van der Waals surface area contributed by atoms with Gasteiger partial charge >= 0.3 is 0 Å². The Balaban J connectivity index is 2.20. The number of carbonyl (C=O) groups is 2. The van der Waals surface area contributed by atoms with Crippen LogP contribution < -0.4 is 0 Å². The predicted octanol–water partition coefficient (Wildman–Crippen LogP) is 0.796. The standard InChI is InChI=1S/C13H18N2O3/c1-3-10-7-13(10,8-16)14-12(18-2)11-5-4-6-15(11)9-17/h3,8-11H,1,4-7H2,2H3/t10-,11?,13?/m0/s1. The maximum Gasteiger partial charge on any atom is 0.210 e. The van der Waals surface area contributed by atoms with E-state index in [-0.39, 0.29) is 12.0 Å². The van der Waals surface area contributed by atoms with Crippen molar-refractivity contribution in [1.29, 1.82) is 0 Å². The molecule has 1 aliphatic heterocycles. The van der Waals surface area contributed by atoms with Crippen LogP contribution in [0.3, 0.4) is 0 Å². The lowest BCUT2D eigenvalue weighted by Gasteiger charge is -2.21. The monoisotopic (exact) mass is 250 g/mol. The van der Waals surface area contributed by atoms with Crippen LogP contribution in [0.1, 0.15) is 19.3 Å². The largest absolute Gasteiger partial charge is 0.483 e. The van der Waals surface area contributed by atoms with E-state index < -0.39 is 5.54 Å². The number of ether oxygens (including phenoxy) is 1. The van der Waals surface area contributed by atoms with Crippen molar-refractivity contribution in [1.82, 2.24) is 4.90 Å². The smallest absolute Gasteiger partial charge is 0.210 e. The third-order valence-corrected chi connectivity index (χ3v) is 3.76. The third-order valence-electron chi connectivity index (χ3n) is 3.76. The minimum absolute atomic E-state index is 0.0891. The number of methoxy groups -OCH3 is 1. The zero-order valence-corrected chi connectivity index (χ0v) is 10.5. The lowest BCUT2D eigenvalue weighted by Crippen LogP contribution is -2.37. The summed E-state index contributed by atoms with van der Waals surface area (Å²) in [6.07, 6.45) is 5.87. The molecule has 5 heteroatoms. The third kappa shape index (κ3) is 2.05. The van der Waals surface area contributed by atoms with Gasteiger partial charge in [0, 0.05) is 12.5 Å². The molecule has 0 aromatic rings. The number of aliphatic imine (C=N–C) groups is 1. The molecule has 5 nitrogen and oxygen atoms in total. The summed E-state index contributed by atoms with van der Waals surface area (Å²) in [7, 11) is 1.53. The SMILES string of the molecule is C=C[C@H]1CC1(C=O)N=C(OC)C1CCCN1C=O. The van der Waals surface area contributed by atoms with Crippen molar-refractivity contribution in [3.8, 4) is 0 Å². The van der Waals surface area contributed by atoms with E-state index in [0.717, 1.165) is 32.1 Å². The fourth-order valence-corrected chi connectivity index (χ4v) is 2.51. The van der Waals surface area contributed by atoms with Crippen molar-refractivity contribution >= 4 is 18.6 Å². The van der Waals surface area contributed by atoms with Crippen LogP contribution >= 0.6 is 0 Å². The van der Waals surface area contributed by atoms with Crippen molar-refractivity contribution in [3.05, 3.63) is 12.7 Å². The number of rotatable bonds is 5. The highest BCUT2D eigenvalue weighted by atomic mass is 16.5. The lowest BCUT2D eigenvalue weighted by molar-refractivity contribution is -0.118. The lowest BCUT2D eigenvalue weighted by atomic mass is 10.2. The van der Waals surface area contributed by atoms with Gasteiger partial charge in [-0.05, 0) is 19.3 Å². The fourth-order valence-electron chi connectivity index (χ4n) is 2.51. The molecule has 0 radical (unpaired) electrons. The quantitative estimate of drug-likeness (QED) is 0.314. The van der Waals surface area contributed by atoms with E-state index in [2.05, 4.69) is 11.6 Å². The molecular formula is C13H18N2O3. The van der Waals surface area contributed by atoms with Gasteiger partial charge in [-0.3, -0.25) is 4.79 Å². The first-order valence-corrected chi connectivity index (χ1v) is 6.14. The summed E-state index contributed by atoms with van der Waals surface area (Å²) >= 11 is 0. The molecule has 1 saturated carbocycles. The second kappa shape index (κ2) is 4.92. The van der Waals surface area contributed by atoms with Gasteiger partial charge in [-0.1, -0.05) is 6.08 Å². The molecule has 1 amide bonds. The van der Waals surface area contributed by atoms with Crippen molar-refractivity contribution in [3.63, 3.8) is 0 Å². The van der Waals surface area contributed by atoms with Crippen LogP contribution in [0, 0.1) is 5.92 Å². The number of aldehydes is 1. The van der Waals surface area contributed by atoms with Gasteiger partial charge in [0.15, 0.2) is 0 Å². The van der Waals surface area contributed by atoms with E-state index in [1.54, 1.807) is 11.0 Å². The Morgan fingerprint density at radius 3 is 2.83 bits per heavy atom. The Hall–Kier alpha value is -1.65. The summed E-state index contributed by atoms with van der Waals surface area (Å²) < 4.78 is 5.29. The number of likely N-dealkylation sites (tertiary alicyclic amines) is 1. The van der Waals surface area contributed by atoms with E-state index in [0.29, 0.717) is 12.3 Å². The first-order chi connectivity index (χ1) is 8.70. The summed E-state index contributed by atoms with van der Waals surface area (Å²) in [5.41, 5.74) is -0.704. The van der Waals surface area contributed by atoms with Crippen molar-refractivity contribution < 1.29 is 14.3 Å². The number of carbonyl (C=O) groups excluding carboxylic acids is 2. The molecule has 1 aliphatic carbocycles. The van der Waals surface area contributed by atoms with Crippen LogP contribution in [0.5, 0.6) is 0 Å². The molecule has 2 fully saturated rings. The summed E-state index contributed by atoms with van der Waals surface area (Å²) in [6, 6.07) is -0.129. The van der Waals surface area contributed by atoms with E-state index in [1.165, 1.54) is 7.11 Å². The first-order valence-electron chi connectivity index (χ1n) is 6.14. The summed E-state index contributed by atoms with van der Waals surface area (Å²) in [6.45, 7) is 4.41. The number of nitrogens with zero attached hydrogens (tertiary/aromatic N) is 2. The van der Waals surface area contributed by atoms with Crippen LogP contribution in [-0.4, -0.2) is 48.7 Å². The summed E-state index contributed by atoms with van der Waals surface area (Å²) in [4.78, 5) is 28.2. The molecule has 1 saturated heterocycles. The van der Waals surface area contributed by atoms with Gasteiger partial charge in [0.2, 0.25) is 12.3 Å². The highest BCUT2D eigenvalue weighted by Crippen LogP contribution is 2.46. The van der Waals surface area contributed by atoms with Crippen molar-refractivity contribution in [2.24, 2.45) is 10.9 Å². The van der Waals surface area contributed by atoms with E-state index >= 15 is 0 Å². The topological polar surface area (TPSA) is 59.0 Å². The Morgan fingerprint density at radius 1 is 1.56 bits per heavy atom. The van der Waals surface area contributed by atoms with Gasteiger partial charge in [0.1, 0.15) is 17.9 Å². The zero-order chi connectivity index (χ0) is 13.2. The molecule has 0 N–H and O–H groups in total. The predicted molar refractivity (Wildman–Crippen MR) is 67.3 cm³/mol. The Bertz CT molecular complexity index is 394. The van der Waals surface area contributed by atoms with Gasteiger partial charge in [0.25, 0.3) is 0 Å². The maximum atomic E-state index is 11.2. The highest BCUT2D eigenvalue weighted by Gasteiger charge is 2.54. The molecule has 18 heavy (non-hydrogen) atoms. The Morgan fingerprint density at radius 2 is 2.33 bits per heavy atom. The molecule has 2 rings (SSSR count). The fraction of sp³-hybridized carbons (Fsp3) is 0.615. The second-order valence-corrected chi connectivity index (χ2v) is 4.81. The minimum atomic E-state index is -0.704. The van der Waals surface area contributed by atoms with E-state index in [1.807, 2.05) is 0 Å². The average Bonchev–Trinajstić information content (AvgIpc) is 2.91. The van der Waals surface area contributed by atoms with Crippen molar-refractivity contribution in [2.75, 3.05) is 13.7 Å². The molecule has 0 bridgehead atoms. The molecule has 2 unspecified atom stereocenters. The van der Waals surface area contributed by atoms with E-state index in [4.69, 9.17) is 4.74 Å². The van der Waals surface area contributed by atoms with Gasteiger partial charge in [0.05, 0.1) is 7.11 Å². The van der Waals surface area contributed by atoms with Crippen LogP contribution in [0.25, 0.3) is 0 Å². The minimum Gasteiger partial charge on any atom is -0.483 e. The average molecular weight is 250 g/mol. The Kier molecular flexibility index (Phi) is 3.50. The second-order valence-electron chi connectivity index (χ2n) is 4.81. The van der Waals surface area contributed by atoms with Gasteiger partial charge in [-0.25, -0.2) is 4.99 Å². The molecule has 0 spiro atoms.